The second kappa shape index (κ2) is 2.94. The summed E-state index contributed by atoms with van der Waals surface area (Å²) in [5.74, 6) is 0. The van der Waals surface area contributed by atoms with E-state index in [1.807, 2.05) is 24.3 Å². The highest BCUT2D eigenvalue weighted by molar-refractivity contribution is 9.10. The highest BCUT2D eigenvalue weighted by Crippen LogP contribution is 2.16. The maximum Gasteiger partial charge on any atom is 0.115 e. The molecule has 0 aromatic heterocycles. The Bertz CT molecular complexity index is 383. The van der Waals surface area contributed by atoms with Crippen molar-refractivity contribution in [3.05, 3.63) is 40.9 Å². The molecule has 0 atom stereocenters. The molecule has 0 aliphatic heterocycles. The maximum atomic E-state index is 5.74. The van der Waals surface area contributed by atoms with E-state index in [-0.39, 0.29) is 0 Å². The predicted octanol–water partition coefficient (Wildman–Crippen LogP) is 2.40. The Morgan fingerprint density at radius 3 is 2.25 bits per heavy atom. The van der Waals surface area contributed by atoms with E-state index in [1.54, 1.807) is 0 Å². The third kappa shape index (κ3) is 1.27. The van der Waals surface area contributed by atoms with Gasteiger partial charge in [0.25, 0.3) is 0 Å². The van der Waals surface area contributed by atoms with Crippen LogP contribution < -0.4 is 5.46 Å². The molecule has 0 N–H and O–H groups in total. The van der Waals surface area contributed by atoms with Crippen molar-refractivity contribution in [2.75, 3.05) is 0 Å². The first-order valence-electron chi connectivity index (χ1n) is 3.71. The topological polar surface area (TPSA) is 0 Å². The van der Waals surface area contributed by atoms with Crippen molar-refractivity contribution >= 4 is 40.0 Å². The molecule has 12 heavy (non-hydrogen) atoms. The molecule has 0 unspecified atom stereocenters. The maximum absolute atomic E-state index is 5.74. The molecule has 2 rings (SSSR count). The van der Waals surface area contributed by atoms with Gasteiger partial charge in [0.15, 0.2) is 0 Å². The molecule has 0 fully saturated rings. The minimum atomic E-state index is 0.786. The van der Waals surface area contributed by atoms with Crippen LogP contribution in [0, 0.1) is 0 Å². The van der Waals surface area contributed by atoms with Crippen LogP contribution in [0.4, 0.5) is 0 Å². The smallest absolute Gasteiger partial charge is 0.0821 e. The van der Waals surface area contributed by atoms with Gasteiger partial charge in [0, 0.05) is 4.47 Å². The Kier molecular flexibility index (Phi) is 1.93. The fraction of sp³-hybridized carbons (Fsp3) is 0. The lowest BCUT2D eigenvalue weighted by Crippen LogP contribution is -2.02. The van der Waals surface area contributed by atoms with Crippen LogP contribution in [0.3, 0.4) is 0 Å². The van der Waals surface area contributed by atoms with E-state index in [9.17, 15) is 0 Å². The molecule has 2 aromatic carbocycles. The van der Waals surface area contributed by atoms with Crippen LogP contribution in [0.15, 0.2) is 40.9 Å². The van der Waals surface area contributed by atoms with Crippen molar-refractivity contribution in [2.24, 2.45) is 0 Å². The van der Waals surface area contributed by atoms with E-state index < -0.39 is 0 Å². The summed E-state index contributed by atoms with van der Waals surface area (Å²) in [4.78, 5) is 0. The number of benzene rings is 2. The summed E-state index contributed by atoms with van der Waals surface area (Å²) in [7, 11) is 5.74. The summed E-state index contributed by atoms with van der Waals surface area (Å²) >= 11 is 3.39. The normalized spacial score (nSPS) is 10.4. The van der Waals surface area contributed by atoms with E-state index in [0.717, 1.165) is 9.94 Å². The summed E-state index contributed by atoms with van der Waals surface area (Å²) < 4.78 is 0.959. The lowest BCUT2D eigenvalue weighted by Gasteiger charge is -2.01. The van der Waals surface area contributed by atoms with Gasteiger partial charge in [-0.3, -0.25) is 0 Å². The zero-order valence-corrected chi connectivity index (χ0v) is 8.01. The van der Waals surface area contributed by atoms with Crippen molar-refractivity contribution in [3.8, 4) is 0 Å². The molecule has 0 amide bonds. The van der Waals surface area contributed by atoms with Gasteiger partial charge in [0.1, 0.15) is 7.85 Å². The van der Waals surface area contributed by atoms with Gasteiger partial charge in [-0.15, -0.1) is 0 Å². The van der Waals surface area contributed by atoms with E-state index in [0.29, 0.717) is 0 Å². The lowest BCUT2D eigenvalue weighted by atomic mass is 9.93. The first kappa shape index (κ1) is 7.87. The average molecular weight is 217 g/mol. The van der Waals surface area contributed by atoms with Crippen LogP contribution in [0.2, 0.25) is 0 Å². The molecule has 2 radical (unpaired) electrons. The zero-order valence-electron chi connectivity index (χ0n) is 6.42. The second-order valence-electron chi connectivity index (χ2n) is 2.72. The van der Waals surface area contributed by atoms with Crippen molar-refractivity contribution in [3.63, 3.8) is 0 Å². The Morgan fingerprint density at radius 2 is 1.58 bits per heavy atom. The summed E-state index contributed by atoms with van der Waals surface area (Å²) in [6, 6.07) is 12.2. The molecule has 0 saturated heterocycles. The SMILES string of the molecule is [B]c1cc2ccccc2cc1Br. The van der Waals surface area contributed by atoms with E-state index in [2.05, 4.69) is 28.1 Å². The number of halogens is 1. The molecule has 0 aliphatic carbocycles. The van der Waals surface area contributed by atoms with E-state index in [4.69, 9.17) is 7.85 Å². The Balaban J connectivity index is 2.84. The number of rotatable bonds is 0. The van der Waals surface area contributed by atoms with Crippen molar-refractivity contribution in [1.29, 1.82) is 0 Å². The summed E-state index contributed by atoms with van der Waals surface area (Å²) in [6.45, 7) is 0. The quantitative estimate of drug-likeness (QED) is 0.594. The first-order chi connectivity index (χ1) is 5.77. The first-order valence-corrected chi connectivity index (χ1v) is 4.50. The lowest BCUT2D eigenvalue weighted by molar-refractivity contribution is 1.75. The van der Waals surface area contributed by atoms with Crippen molar-refractivity contribution in [2.45, 2.75) is 0 Å². The Labute approximate surface area is 81.1 Å². The summed E-state index contributed by atoms with van der Waals surface area (Å²) in [6.07, 6.45) is 0. The molecule has 0 heterocycles. The third-order valence-electron chi connectivity index (χ3n) is 1.87. The number of fused-ring (bicyclic) bond motifs is 1. The summed E-state index contributed by atoms with van der Waals surface area (Å²) in [5, 5.41) is 2.39. The largest absolute Gasteiger partial charge is 0.115 e. The molecular weight excluding hydrogens is 211 g/mol. The minimum absolute atomic E-state index is 0.786. The monoisotopic (exact) mass is 216 g/mol. The number of hydrogen-bond acceptors (Lipinski definition) is 0. The predicted molar refractivity (Wildman–Crippen MR) is 57.0 cm³/mol. The Morgan fingerprint density at radius 1 is 1.00 bits per heavy atom. The molecule has 0 spiro atoms. The van der Waals surface area contributed by atoms with Crippen LogP contribution in [0.25, 0.3) is 10.8 Å². The molecule has 2 aromatic rings. The summed E-state index contributed by atoms with van der Waals surface area (Å²) in [5.41, 5.74) is 0.786. The molecular formula is C10H6BBr. The minimum Gasteiger partial charge on any atom is -0.0821 e. The molecule has 0 saturated carbocycles. The van der Waals surface area contributed by atoms with E-state index in [1.165, 1.54) is 10.8 Å². The van der Waals surface area contributed by atoms with Crippen LogP contribution in [0.1, 0.15) is 0 Å². The molecule has 0 nitrogen and oxygen atoms in total. The van der Waals surface area contributed by atoms with Gasteiger partial charge in [-0.2, -0.15) is 0 Å². The van der Waals surface area contributed by atoms with Crippen LogP contribution in [-0.4, -0.2) is 7.85 Å². The van der Waals surface area contributed by atoms with Gasteiger partial charge in [-0.25, -0.2) is 0 Å². The fourth-order valence-electron chi connectivity index (χ4n) is 1.23. The second-order valence-corrected chi connectivity index (χ2v) is 3.58. The van der Waals surface area contributed by atoms with Crippen molar-refractivity contribution in [1.82, 2.24) is 0 Å². The van der Waals surface area contributed by atoms with Crippen molar-refractivity contribution < 1.29 is 0 Å². The van der Waals surface area contributed by atoms with Crippen LogP contribution >= 0.6 is 15.9 Å². The van der Waals surface area contributed by atoms with Crippen LogP contribution in [0.5, 0.6) is 0 Å². The van der Waals surface area contributed by atoms with Gasteiger partial charge in [-0.1, -0.05) is 51.7 Å². The van der Waals surface area contributed by atoms with Crippen LogP contribution in [-0.2, 0) is 0 Å². The molecule has 2 heteroatoms. The zero-order chi connectivity index (χ0) is 8.55. The van der Waals surface area contributed by atoms with Gasteiger partial charge < -0.3 is 0 Å². The van der Waals surface area contributed by atoms with Gasteiger partial charge in [-0.05, 0) is 16.8 Å². The van der Waals surface area contributed by atoms with Gasteiger partial charge in [0.05, 0.1) is 0 Å². The number of hydrogen-bond donors (Lipinski definition) is 0. The highest BCUT2D eigenvalue weighted by atomic mass is 79.9. The van der Waals surface area contributed by atoms with Gasteiger partial charge >= 0.3 is 0 Å². The third-order valence-corrected chi connectivity index (χ3v) is 2.55. The molecule has 0 aliphatic rings. The Hall–Kier alpha value is -0.755. The van der Waals surface area contributed by atoms with Gasteiger partial charge in [0.2, 0.25) is 0 Å². The van der Waals surface area contributed by atoms with E-state index >= 15 is 0 Å². The molecule has 0 bridgehead atoms. The standard InChI is InChI=1S/C10H6BBr/c11-9-5-7-3-1-2-4-8(7)6-10(9)12/h1-6H. The highest BCUT2D eigenvalue weighted by Gasteiger charge is 1.96. The average Bonchev–Trinajstić information content (AvgIpc) is 2.07. The fourth-order valence-corrected chi connectivity index (χ4v) is 1.59. The molecule has 56 valence electrons.